The molecular formula is C12H11BrN4O2. The quantitative estimate of drug-likeness (QED) is 0.639. The first kappa shape index (κ1) is 13.4. The number of nitro groups is 1. The fourth-order valence-electron chi connectivity index (χ4n) is 1.71. The van der Waals surface area contributed by atoms with E-state index in [1.54, 1.807) is 42.7 Å². The van der Waals surface area contributed by atoms with Gasteiger partial charge in [0.1, 0.15) is 5.69 Å². The number of nitrogens with zero attached hydrogens (tertiary/aromatic N) is 4. The molecule has 0 fully saturated rings. The zero-order chi connectivity index (χ0) is 13.8. The molecule has 2 aromatic rings. The van der Waals surface area contributed by atoms with E-state index in [-0.39, 0.29) is 5.69 Å². The van der Waals surface area contributed by atoms with Crippen LogP contribution < -0.4 is 4.90 Å². The Hall–Kier alpha value is -2.02. The number of nitro benzene ring substituents is 1. The Kier molecular flexibility index (Phi) is 4.06. The minimum Gasteiger partial charge on any atom is -0.363 e. The summed E-state index contributed by atoms with van der Waals surface area (Å²) in [4.78, 5) is 20.6. The molecule has 0 aliphatic rings. The molecular weight excluding hydrogens is 312 g/mol. The molecule has 1 heterocycles. The van der Waals surface area contributed by atoms with Crippen molar-refractivity contribution in [2.24, 2.45) is 0 Å². The number of aromatic nitrogens is 2. The van der Waals surface area contributed by atoms with Crippen molar-refractivity contribution in [2.75, 3.05) is 11.9 Å². The lowest BCUT2D eigenvalue weighted by Crippen LogP contribution is -2.18. The van der Waals surface area contributed by atoms with Crippen LogP contribution in [0, 0.1) is 10.1 Å². The molecule has 0 unspecified atom stereocenters. The van der Waals surface area contributed by atoms with Gasteiger partial charge in [-0.25, -0.2) is 0 Å². The summed E-state index contributed by atoms with van der Waals surface area (Å²) in [6.07, 6.45) is 4.83. The largest absolute Gasteiger partial charge is 0.363 e. The Morgan fingerprint density at radius 2 is 2.21 bits per heavy atom. The summed E-state index contributed by atoms with van der Waals surface area (Å²) in [6, 6.07) is 4.97. The fraction of sp³-hybridized carbons (Fsp3) is 0.167. The smallest absolute Gasteiger partial charge is 0.293 e. The molecule has 0 aliphatic heterocycles. The van der Waals surface area contributed by atoms with Crippen LogP contribution >= 0.6 is 15.9 Å². The van der Waals surface area contributed by atoms with Gasteiger partial charge in [-0.1, -0.05) is 15.9 Å². The SMILES string of the molecule is CN(Cc1cnccn1)c1ccc(Br)cc1[N+](=O)[O-]. The monoisotopic (exact) mass is 322 g/mol. The average Bonchev–Trinajstić information content (AvgIpc) is 2.39. The van der Waals surface area contributed by atoms with Crippen molar-refractivity contribution >= 4 is 27.3 Å². The third-order valence-electron chi connectivity index (χ3n) is 2.56. The number of halogens is 1. The molecule has 0 spiro atoms. The maximum absolute atomic E-state index is 11.1. The van der Waals surface area contributed by atoms with Crippen molar-refractivity contribution in [2.45, 2.75) is 6.54 Å². The first-order valence-electron chi connectivity index (χ1n) is 5.48. The standard InChI is InChI=1S/C12H11BrN4O2/c1-16(8-10-7-14-4-5-15-10)11-3-2-9(13)6-12(11)17(18)19/h2-7H,8H2,1H3. The predicted octanol–water partition coefficient (Wildman–Crippen LogP) is 2.78. The van der Waals surface area contributed by atoms with Gasteiger partial charge in [-0.3, -0.25) is 20.1 Å². The molecule has 0 aliphatic carbocycles. The zero-order valence-corrected chi connectivity index (χ0v) is 11.7. The molecule has 0 N–H and O–H groups in total. The van der Waals surface area contributed by atoms with Gasteiger partial charge >= 0.3 is 0 Å². The number of benzene rings is 1. The average molecular weight is 323 g/mol. The minimum absolute atomic E-state index is 0.0563. The van der Waals surface area contributed by atoms with E-state index in [1.807, 2.05) is 0 Å². The molecule has 7 heteroatoms. The lowest BCUT2D eigenvalue weighted by atomic mass is 10.2. The highest BCUT2D eigenvalue weighted by atomic mass is 79.9. The lowest BCUT2D eigenvalue weighted by Gasteiger charge is -2.18. The Balaban J connectivity index is 2.28. The summed E-state index contributed by atoms with van der Waals surface area (Å²) in [6.45, 7) is 0.455. The van der Waals surface area contributed by atoms with Crippen LogP contribution in [0.5, 0.6) is 0 Å². The van der Waals surface area contributed by atoms with E-state index in [1.165, 1.54) is 6.07 Å². The van der Waals surface area contributed by atoms with Gasteiger partial charge in [0, 0.05) is 30.0 Å². The van der Waals surface area contributed by atoms with Crippen molar-refractivity contribution in [1.82, 2.24) is 9.97 Å². The van der Waals surface area contributed by atoms with Crippen LogP contribution in [0.15, 0.2) is 41.3 Å². The number of hydrogen-bond donors (Lipinski definition) is 0. The van der Waals surface area contributed by atoms with Crippen LogP contribution in [0.1, 0.15) is 5.69 Å². The van der Waals surface area contributed by atoms with Gasteiger partial charge in [0.25, 0.3) is 5.69 Å². The first-order chi connectivity index (χ1) is 9.08. The second-order valence-electron chi connectivity index (χ2n) is 3.94. The van der Waals surface area contributed by atoms with Crippen LogP contribution in [0.2, 0.25) is 0 Å². The molecule has 0 bridgehead atoms. The third-order valence-corrected chi connectivity index (χ3v) is 3.05. The Bertz CT molecular complexity index is 592. The van der Waals surface area contributed by atoms with Gasteiger partial charge in [-0.2, -0.15) is 0 Å². The normalized spacial score (nSPS) is 10.2. The molecule has 98 valence electrons. The molecule has 6 nitrogen and oxygen atoms in total. The summed E-state index contributed by atoms with van der Waals surface area (Å²) < 4.78 is 0.677. The van der Waals surface area contributed by atoms with Gasteiger partial charge < -0.3 is 4.90 Å². The van der Waals surface area contributed by atoms with Crippen LogP contribution in [-0.2, 0) is 6.54 Å². The van der Waals surface area contributed by atoms with E-state index < -0.39 is 4.92 Å². The fourth-order valence-corrected chi connectivity index (χ4v) is 2.05. The van der Waals surface area contributed by atoms with E-state index in [2.05, 4.69) is 25.9 Å². The first-order valence-corrected chi connectivity index (χ1v) is 6.27. The molecule has 0 radical (unpaired) electrons. The number of anilines is 1. The van der Waals surface area contributed by atoms with Crippen LogP contribution in [0.25, 0.3) is 0 Å². The van der Waals surface area contributed by atoms with E-state index in [4.69, 9.17) is 0 Å². The highest BCUT2D eigenvalue weighted by molar-refractivity contribution is 9.10. The highest BCUT2D eigenvalue weighted by Gasteiger charge is 2.17. The molecule has 1 aromatic heterocycles. The molecule has 19 heavy (non-hydrogen) atoms. The van der Waals surface area contributed by atoms with E-state index >= 15 is 0 Å². The Morgan fingerprint density at radius 1 is 1.42 bits per heavy atom. The Morgan fingerprint density at radius 3 is 2.84 bits per heavy atom. The lowest BCUT2D eigenvalue weighted by molar-refractivity contribution is -0.384. The predicted molar refractivity (Wildman–Crippen MR) is 74.9 cm³/mol. The molecule has 0 atom stereocenters. The van der Waals surface area contributed by atoms with Crippen LogP contribution in [0.4, 0.5) is 11.4 Å². The van der Waals surface area contributed by atoms with E-state index in [0.717, 1.165) is 5.69 Å². The highest BCUT2D eigenvalue weighted by Crippen LogP contribution is 2.30. The van der Waals surface area contributed by atoms with Gasteiger partial charge in [0.2, 0.25) is 0 Å². The second-order valence-corrected chi connectivity index (χ2v) is 4.86. The van der Waals surface area contributed by atoms with E-state index in [0.29, 0.717) is 16.7 Å². The number of hydrogen-bond acceptors (Lipinski definition) is 5. The van der Waals surface area contributed by atoms with Crippen molar-refractivity contribution in [3.8, 4) is 0 Å². The van der Waals surface area contributed by atoms with Crippen molar-refractivity contribution in [3.63, 3.8) is 0 Å². The minimum atomic E-state index is -0.396. The van der Waals surface area contributed by atoms with Gasteiger partial charge in [0.15, 0.2) is 0 Å². The van der Waals surface area contributed by atoms with Gasteiger partial charge in [-0.15, -0.1) is 0 Å². The zero-order valence-electron chi connectivity index (χ0n) is 10.2. The summed E-state index contributed by atoms with van der Waals surface area (Å²) in [5.74, 6) is 0. The van der Waals surface area contributed by atoms with Crippen LogP contribution in [-0.4, -0.2) is 21.9 Å². The maximum atomic E-state index is 11.1. The van der Waals surface area contributed by atoms with Crippen LogP contribution in [0.3, 0.4) is 0 Å². The molecule has 1 aromatic carbocycles. The summed E-state index contributed by atoms with van der Waals surface area (Å²) >= 11 is 3.24. The molecule has 0 saturated heterocycles. The summed E-state index contributed by atoms with van der Waals surface area (Å²) in [5, 5.41) is 11.1. The maximum Gasteiger partial charge on any atom is 0.293 e. The molecule has 0 saturated carbocycles. The summed E-state index contributed by atoms with van der Waals surface area (Å²) in [5.41, 5.74) is 1.35. The van der Waals surface area contributed by atoms with Gasteiger partial charge in [-0.05, 0) is 12.1 Å². The van der Waals surface area contributed by atoms with Gasteiger partial charge in [0.05, 0.1) is 23.4 Å². The number of rotatable bonds is 4. The third kappa shape index (κ3) is 3.25. The van der Waals surface area contributed by atoms with Crippen molar-refractivity contribution < 1.29 is 4.92 Å². The topological polar surface area (TPSA) is 72.2 Å². The summed E-state index contributed by atoms with van der Waals surface area (Å²) in [7, 11) is 1.78. The van der Waals surface area contributed by atoms with Crippen molar-refractivity contribution in [3.05, 3.63) is 57.1 Å². The second kappa shape index (κ2) is 5.75. The Labute approximate surface area is 118 Å². The molecule has 0 amide bonds. The van der Waals surface area contributed by atoms with Crippen molar-refractivity contribution in [1.29, 1.82) is 0 Å². The van der Waals surface area contributed by atoms with E-state index in [9.17, 15) is 10.1 Å². The molecule has 2 rings (SSSR count).